The summed E-state index contributed by atoms with van der Waals surface area (Å²) in [6.45, 7) is 1.85. The van der Waals surface area contributed by atoms with E-state index in [4.69, 9.17) is 9.47 Å². The van der Waals surface area contributed by atoms with Crippen LogP contribution in [0.4, 0.5) is 4.39 Å². The number of methoxy groups -OCH3 is 2. The SMILES string of the molecule is COc1ccc(OC)c(C(C)NC(=O)c2cc3c(F)cccc3[nH]2)c1. The van der Waals surface area contributed by atoms with Crippen molar-refractivity contribution in [1.29, 1.82) is 0 Å². The first kappa shape index (κ1) is 16.8. The van der Waals surface area contributed by atoms with Crippen molar-refractivity contribution in [3.05, 3.63) is 59.5 Å². The average Bonchev–Trinajstić information content (AvgIpc) is 3.07. The second-order valence-corrected chi connectivity index (χ2v) is 5.69. The van der Waals surface area contributed by atoms with Crippen molar-refractivity contribution in [2.24, 2.45) is 0 Å². The minimum atomic E-state index is -0.365. The summed E-state index contributed by atoms with van der Waals surface area (Å²) in [7, 11) is 3.15. The quantitative estimate of drug-likeness (QED) is 0.741. The first-order valence-electron chi connectivity index (χ1n) is 7.83. The smallest absolute Gasteiger partial charge is 0.268 e. The Morgan fingerprint density at radius 2 is 1.96 bits per heavy atom. The first-order chi connectivity index (χ1) is 12.0. The number of carbonyl (C=O) groups excluding carboxylic acids is 1. The number of rotatable bonds is 5. The summed E-state index contributed by atoms with van der Waals surface area (Å²) in [4.78, 5) is 15.5. The number of H-pyrrole nitrogens is 1. The van der Waals surface area contributed by atoms with Gasteiger partial charge >= 0.3 is 0 Å². The summed E-state index contributed by atoms with van der Waals surface area (Å²) >= 11 is 0. The normalized spacial score (nSPS) is 12.0. The summed E-state index contributed by atoms with van der Waals surface area (Å²) in [6, 6.07) is 11.3. The third-order valence-electron chi connectivity index (χ3n) is 4.11. The zero-order valence-corrected chi connectivity index (χ0v) is 14.2. The molecule has 0 radical (unpaired) electrons. The van der Waals surface area contributed by atoms with Gasteiger partial charge in [0.1, 0.15) is 23.0 Å². The summed E-state index contributed by atoms with van der Waals surface area (Å²) < 4.78 is 24.4. The van der Waals surface area contributed by atoms with E-state index in [1.165, 1.54) is 12.1 Å². The standard InChI is InChI=1S/C19H19FN2O3/c1-11(13-9-12(24-2)7-8-18(13)25-3)21-19(23)17-10-14-15(20)5-4-6-16(14)22-17/h4-11,22H,1-3H3,(H,21,23). The molecule has 0 bridgehead atoms. The largest absolute Gasteiger partial charge is 0.497 e. The van der Waals surface area contributed by atoms with Gasteiger partial charge < -0.3 is 19.8 Å². The maximum absolute atomic E-state index is 13.8. The molecule has 0 saturated carbocycles. The highest BCUT2D eigenvalue weighted by Crippen LogP contribution is 2.29. The van der Waals surface area contributed by atoms with Gasteiger partial charge in [0.2, 0.25) is 0 Å². The second-order valence-electron chi connectivity index (χ2n) is 5.69. The van der Waals surface area contributed by atoms with Gasteiger partial charge in [-0.15, -0.1) is 0 Å². The molecule has 1 atom stereocenters. The van der Waals surface area contributed by atoms with Crippen LogP contribution in [0.2, 0.25) is 0 Å². The molecule has 1 aromatic heterocycles. The van der Waals surface area contributed by atoms with Crippen LogP contribution in [0.3, 0.4) is 0 Å². The summed E-state index contributed by atoms with van der Waals surface area (Å²) in [5, 5.41) is 3.28. The van der Waals surface area contributed by atoms with Gasteiger partial charge in [-0.3, -0.25) is 4.79 Å². The molecule has 6 heteroatoms. The van der Waals surface area contributed by atoms with Crippen LogP contribution >= 0.6 is 0 Å². The molecule has 1 unspecified atom stereocenters. The Morgan fingerprint density at radius 3 is 2.64 bits per heavy atom. The van der Waals surface area contributed by atoms with Crippen LogP contribution < -0.4 is 14.8 Å². The lowest BCUT2D eigenvalue weighted by atomic mass is 10.1. The lowest BCUT2D eigenvalue weighted by Gasteiger charge is -2.18. The van der Waals surface area contributed by atoms with Gasteiger partial charge in [0.25, 0.3) is 5.91 Å². The molecule has 1 heterocycles. The van der Waals surface area contributed by atoms with Crippen LogP contribution in [-0.2, 0) is 0 Å². The van der Waals surface area contributed by atoms with E-state index >= 15 is 0 Å². The summed E-state index contributed by atoms with van der Waals surface area (Å²) in [5.41, 5.74) is 1.67. The number of carbonyl (C=O) groups is 1. The molecule has 25 heavy (non-hydrogen) atoms. The van der Waals surface area contributed by atoms with E-state index < -0.39 is 0 Å². The number of halogens is 1. The average molecular weight is 342 g/mol. The van der Waals surface area contributed by atoms with Gasteiger partial charge in [-0.25, -0.2) is 4.39 Å². The minimum absolute atomic E-state index is 0.300. The number of benzene rings is 2. The molecule has 0 saturated heterocycles. The molecule has 2 aromatic carbocycles. The van der Waals surface area contributed by atoms with E-state index in [9.17, 15) is 9.18 Å². The highest BCUT2D eigenvalue weighted by molar-refractivity contribution is 5.98. The van der Waals surface area contributed by atoms with Crippen molar-refractivity contribution in [2.75, 3.05) is 14.2 Å². The minimum Gasteiger partial charge on any atom is -0.497 e. The maximum Gasteiger partial charge on any atom is 0.268 e. The Bertz CT molecular complexity index is 920. The fourth-order valence-corrected chi connectivity index (χ4v) is 2.77. The Labute approximate surface area is 144 Å². The van der Waals surface area contributed by atoms with Gasteiger partial charge in [-0.1, -0.05) is 6.07 Å². The molecule has 1 amide bonds. The number of nitrogens with one attached hydrogen (secondary N) is 2. The zero-order valence-electron chi connectivity index (χ0n) is 14.2. The molecule has 0 fully saturated rings. The van der Waals surface area contributed by atoms with Crippen LogP contribution in [0.1, 0.15) is 29.0 Å². The van der Waals surface area contributed by atoms with Crippen molar-refractivity contribution in [1.82, 2.24) is 10.3 Å². The molecule has 3 rings (SSSR count). The number of ether oxygens (including phenoxy) is 2. The van der Waals surface area contributed by atoms with Crippen molar-refractivity contribution in [3.8, 4) is 11.5 Å². The molecular formula is C19H19FN2O3. The van der Waals surface area contributed by atoms with E-state index in [0.717, 1.165) is 5.56 Å². The number of aromatic amines is 1. The lowest BCUT2D eigenvalue weighted by Crippen LogP contribution is -2.27. The predicted octanol–water partition coefficient (Wildman–Crippen LogP) is 3.82. The Hall–Kier alpha value is -3.02. The topological polar surface area (TPSA) is 63.4 Å². The fourth-order valence-electron chi connectivity index (χ4n) is 2.77. The van der Waals surface area contributed by atoms with Crippen molar-refractivity contribution < 1.29 is 18.7 Å². The van der Waals surface area contributed by atoms with Gasteiger partial charge in [0.05, 0.1) is 20.3 Å². The molecule has 0 aliphatic heterocycles. The van der Waals surface area contributed by atoms with E-state index in [1.807, 2.05) is 13.0 Å². The number of aromatic nitrogens is 1. The number of amides is 1. The molecule has 0 aliphatic carbocycles. The molecule has 2 N–H and O–H groups in total. The molecular weight excluding hydrogens is 323 g/mol. The summed E-state index contributed by atoms with van der Waals surface area (Å²) in [6.07, 6.45) is 0. The zero-order chi connectivity index (χ0) is 18.0. The van der Waals surface area contributed by atoms with Crippen molar-refractivity contribution in [3.63, 3.8) is 0 Å². The van der Waals surface area contributed by atoms with Crippen LogP contribution in [0, 0.1) is 5.82 Å². The Balaban J connectivity index is 1.85. The highest BCUT2D eigenvalue weighted by Gasteiger charge is 2.18. The van der Waals surface area contributed by atoms with Gasteiger partial charge in [0, 0.05) is 16.5 Å². The van der Waals surface area contributed by atoms with Crippen LogP contribution in [-0.4, -0.2) is 25.1 Å². The maximum atomic E-state index is 13.8. The molecule has 0 aliphatic rings. The number of fused-ring (bicyclic) bond motifs is 1. The molecule has 0 spiro atoms. The number of hydrogen-bond donors (Lipinski definition) is 2. The third kappa shape index (κ3) is 3.28. The highest BCUT2D eigenvalue weighted by atomic mass is 19.1. The van der Waals surface area contributed by atoms with Crippen molar-refractivity contribution >= 4 is 16.8 Å². The van der Waals surface area contributed by atoms with E-state index in [2.05, 4.69) is 10.3 Å². The van der Waals surface area contributed by atoms with Gasteiger partial charge in [-0.2, -0.15) is 0 Å². The van der Waals surface area contributed by atoms with Gasteiger partial charge in [0.15, 0.2) is 0 Å². The molecule has 3 aromatic rings. The third-order valence-corrected chi connectivity index (χ3v) is 4.11. The van der Waals surface area contributed by atoms with Gasteiger partial charge in [-0.05, 0) is 43.3 Å². The van der Waals surface area contributed by atoms with Crippen LogP contribution in [0.15, 0.2) is 42.5 Å². The van der Waals surface area contributed by atoms with E-state index in [-0.39, 0.29) is 17.8 Å². The van der Waals surface area contributed by atoms with Crippen molar-refractivity contribution in [2.45, 2.75) is 13.0 Å². The Kier molecular flexibility index (Phi) is 4.61. The first-order valence-corrected chi connectivity index (χ1v) is 7.83. The van der Waals surface area contributed by atoms with Crippen LogP contribution in [0.5, 0.6) is 11.5 Å². The number of hydrogen-bond acceptors (Lipinski definition) is 3. The van der Waals surface area contributed by atoms with E-state index in [1.54, 1.807) is 38.5 Å². The molecule has 130 valence electrons. The predicted molar refractivity (Wildman–Crippen MR) is 93.7 cm³/mol. The lowest BCUT2D eigenvalue weighted by molar-refractivity contribution is 0.0935. The second kappa shape index (κ2) is 6.84. The summed E-state index contributed by atoms with van der Waals surface area (Å²) in [5.74, 6) is 0.629. The molecule has 5 nitrogen and oxygen atoms in total. The monoisotopic (exact) mass is 342 g/mol. The Morgan fingerprint density at radius 1 is 1.16 bits per heavy atom. The van der Waals surface area contributed by atoms with E-state index in [0.29, 0.717) is 28.1 Å². The van der Waals surface area contributed by atoms with Crippen LogP contribution in [0.25, 0.3) is 10.9 Å². The fraction of sp³-hybridized carbons (Fsp3) is 0.211.